The van der Waals surface area contributed by atoms with Gasteiger partial charge in [0.2, 0.25) is 0 Å². The first-order valence-corrected chi connectivity index (χ1v) is 6.85. The van der Waals surface area contributed by atoms with Crippen LogP contribution in [0.2, 0.25) is 0 Å². The van der Waals surface area contributed by atoms with Crippen LogP contribution < -0.4 is 14.8 Å². The number of hydrogen-bond donors (Lipinski definition) is 1. The molecule has 0 atom stereocenters. The van der Waals surface area contributed by atoms with E-state index in [1.165, 1.54) is 12.8 Å². The van der Waals surface area contributed by atoms with Gasteiger partial charge in [-0.25, -0.2) is 0 Å². The van der Waals surface area contributed by atoms with E-state index in [4.69, 9.17) is 14.0 Å². The summed E-state index contributed by atoms with van der Waals surface area (Å²) in [4.78, 5) is 4.41. The zero-order valence-electron chi connectivity index (χ0n) is 11.0. The molecule has 2 heterocycles. The van der Waals surface area contributed by atoms with Crippen molar-refractivity contribution in [2.45, 2.75) is 25.4 Å². The molecular weight excluding hydrogens is 258 g/mol. The molecule has 20 heavy (non-hydrogen) atoms. The molecule has 0 saturated heterocycles. The number of fused-ring (bicyclic) bond motifs is 1. The zero-order chi connectivity index (χ0) is 13.4. The molecule has 0 amide bonds. The Morgan fingerprint density at radius 1 is 1.20 bits per heavy atom. The lowest BCUT2D eigenvalue weighted by molar-refractivity contribution is 0.172. The standard InChI is InChI=1S/C14H15N3O3/c1-2-10(13-11(3-1)18-6-7-19-13)14-16-12(17-20-14)8-15-9-4-5-9/h1-3,9,15H,4-8H2. The zero-order valence-corrected chi connectivity index (χ0v) is 11.0. The van der Waals surface area contributed by atoms with Crippen molar-refractivity contribution in [2.24, 2.45) is 0 Å². The number of nitrogens with zero attached hydrogens (tertiary/aromatic N) is 2. The van der Waals surface area contributed by atoms with Crippen molar-refractivity contribution >= 4 is 0 Å². The van der Waals surface area contributed by atoms with Gasteiger partial charge in [0.15, 0.2) is 17.3 Å². The average Bonchev–Trinajstić information content (AvgIpc) is 3.21. The summed E-state index contributed by atoms with van der Waals surface area (Å²) >= 11 is 0. The van der Waals surface area contributed by atoms with Crippen molar-refractivity contribution in [2.75, 3.05) is 13.2 Å². The average molecular weight is 273 g/mol. The van der Waals surface area contributed by atoms with Crippen LogP contribution in [-0.4, -0.2) is 29.4 Å². The second-order valence-electron chi connectivity index (χ2n) is 5.00. The summed E-state index contributed by atoms with van der Waals surface area (Å²) in [5.74, 6) is 2.55. The van der Waals surface area contributed by atoms with E-state index in [0.717, 1.165) is 11.3 Å². The third kappa shape index (κ3) is 2.22. The summed E-state index contributed by atoms with van der Waals surface area (Å²) < 4.78 is 16.5. The van der Waals surface area contributed by atoms with Gasteiger partial charge in [0.05, 0.1) is 12.1 Å². The molecule has 1 fully saturated rings. The Balaban J connectivity index is 1.60. The summed E-state index contributed by atoms with van der Waals surface area (Å²) in [5, 5.41) is 7.36. The smallest absolute Gasteiger partial charge is 0.261 e. The Morgan fingerprint density at radius 2 is 2.10 bits per heavy atom. The Bertz CT molecular complexity index is 622. The number of nitrogens with one attached hydrogen (secondary N) is 1. The van der Waals surface area contributed by atoms with Gasteiger partial charge in [-0.15, -0.1) is 0 Å². The molecule has 0 unspecified atom stereocenters. The van der Waals surface area contributed by atoms with E-state index in [1.54, 1.807) is 0 Å². The van der Waals surface area contributed by atoms with Crippen LogP contribution >= 0.6 is 0 Å². The maximum atomic E-state index is 5.66. The van der Waals surface area contributed by atoms with Gasteiger partial charge in [0.25, 0.3) is 5.89 Å². The third-order valence-electron chi connectivity index (χ3n) is 3.39. The summed E-state index contributed by atoms with van der Waals surface area (Å²) in [6.45, 7) is 1.74. The molecular formula is C14H15N3O3. The number of benzene rings is 1. The molecule has 6 heteroatoms. The van der Waals surface area contributed by atoms with Gasteiger partial charge in [-0.2, -0.15) is 4.98 Å². The Kier molecular flexibility index (Phi) is 2.81. The first kappa shape index (κ1) is 11.7. The van der Waals surface area contributed by atoms with Crippen molar-refractivity contribution in [3.63, 3.8) is 0 Å². The first-order valence-electron chi connectivity index (χ1n) is 6.85. The van der Waals surface area contributed by atoms with Crippen LogP contribution in [0.15, 0.2) is 22.7 Å². The van der Waals surface area contributed by atoms with Gasteiger partial charge in [-0.1, -0.05) is 11.2 Å². The predicted molar refractivity (Wildman–Crippen MR) is 70.6 cm³/mol. The van der Waals surface area contributed by atoms with Gasteiger partial charge in [0, 0.05) is 6.04 Å². The van der Waals surface area contributed by atoms with Gasteiger partial charge >= 0.3 is 0 Å². The van der Waals surface area contributed by atoms with Crippen LogP contribution in [0.3, 0.4) is 0 Å². The molecule has 1 saturated carbocycles. The maximum Gasteiger partial charge on any atom is 0.261 e. The fourth-order valence-electron chi connectivity index (χ4n) is 2.20. The van der Waals surface area contributed by atoms with Crippen molar-refractivity contribution in [3.8, 4) is 23.0 Å². The molecule has 2 aromatic rings. The summed E-state index contributed by atoms with van der Waals surface area (Å²) in [6, 6.07) is 6.30. The van der Waals surface area contributed by atoms with E-state index in [1.807, 2.05) is 18.2 Å². The number of ether oxygens (including phenoxy) is 2. The topological polar surface area (TPSA) is 69.4 Å². The van der Waals surface area contributed by atoms with Crippen LogP contribution in [0, 0.1) is 0 Å². The second-order valence-corrected chi connectivity index (χ2v) is 5.00. The number of hydrogen-bond acceptors (Lipinski definition) is 6. The molecule has 6 nitrogen and oxygen atoms in total. The third-order valence-corrected chi connectivity index (χ3v) is 3.39. The molecule has 104 valence electrons. The number of rotatable bonds is 4. The number of para-hydroxylation sites is 1. The lowest BCUT2D eigenvalue weighted by Gasteiger charge is -2.19. The maximum absolute atomic E-state index is 5.66. The Labute approximate surface area is 116 Å². The highest BCUT2D eigenvalue weighted by molar-refractivity contribution is 5.67. The molecule has 1 aliphatic heterocycles. The van der Waals surface area contributed by atoms with E-state index in [-0.39, 0.29) is 0 Å². The highest BCUT2D eigenvalue weighted by Gasteiger charge is 2.23. The second kappa shape index (κ2) is 4.79. The van der Waals surface area contributed by atoms with Gasteiger partial charge in [-0.3, -0.25) is 0 Å². The molecule has 1 aliphatic carbocycles. The number of aromatic nitrogens is 2. The molecule has 0 spiro atoms. The largest absolute Gasteiger partial charge is 0.486 e. The van der Waals surface area contributed by atoms with E-state index >= 15 is 0 Å². The minimum Gasteiger partial charge on any atom is -0.486 e. The van der Waals surface area contributed by atoms with E-state index < -0.39 is 0 Å². The quantitative estimate of drug-likeness (QED) is 0.915. The molecule has 0 bridgehead atoms. The van der Waals surface area contributed by atoms with E-state index in [9.17, 15) is 0 Å². The van der Waals surface area contributed by atoms with Crippen LogP contribution in [0.4, 0.5) is 0 Å². The van der Waals surface area contributed by atoms with Crippen molar-refractivity contribution in [1.82, 2.24) is 15.5 Å². The van der Waals surface area contributed by atoms with E-state index in [2.05, 4.69) is 15.5 Å². The minimum atomic E-state index is 0.472. The normalized spacial score (nSPS) is 17.2. The molecule has 1 aromatic heterocycles. The fourth-order valence-corrected chi connectivity index (χ4v) is 2.20. The predicted octanol–water partition coefficient (Wildman–Crippen LogP) is 1.76. The van der Waals surface area contributed by atoms with Gasteiger partial charge < -0.3 is 19.3 Å². The monoisotopic (exact) mass is 273 g/mol. The lowest BCUT2D eigenvalue weighted by atomic mass is 10.1. The fraction of sp³-hybridized carbons (Fsp3) is 0.429. The van der Waals surface area contributed by atoms with E-state index in [0.29, 0.717) is 43.3 Å². The van der Waals surface area contributed by atoms with Crippen LogP contribution in [0.1, 0.15) is 18.7 Å². The van der Waals surface area contributed by atoms with Crippen molar-refractivity contribution in [3.05, 3.63) is 24.0 Å². The molecule has 1 N–H and O–H groups in total. The van der Waals surface area contributed by atoms with Crippen LogP contribution in [0.5, 0.6) is 11.5 Å². The van der Waals surface area contributed by atoms with Crippen LogP contribution in [0.25, 0.3) is 11.5 Å². The molecule has 4 rings (SSSR count). The first-order chi connectivity index (χ1) is 9.90. The summed E-state index contributed by atoms with van der Waals surface area (Å²) in [6.07, 6.45) is 2.48. The highest BCUT2D eigenvalue weighted by Crippen LogP contribution is 2.39. The summed E-state index contributed by atoms with van der Waals surface area (Å²) in [7, 11) is 0. The van der Waals surface area contributed by atoms with Gasteiger partial charge in [0.1, 0.15) is 13.2 Å². The Hall–Kier alpha value is -2.08. The van der Waals surface area contributed by atoms with Crippen molar-refractivity contribution < 1.29 is 14.0 Å². The van der Waals surface area contributed by atoms with Gasteiger partial charge in [-0.05, 0) is 25.0 Å². The van der Waals surface area contributed by atoms with Crippen molar-refractivity contribution in [1.29, 1.82) is 0 Å². The SMILES string of the molecule is c1cc2c(c(-c3nc(CNC4CC4)no3)c1)OCCO2. The minimum absolute atomic E-state index is 0.472. The summed E-state index contributed by atoms with van der Waals surface area (Å²) in [5.41, 5.74) is 0.785. The lowest BCUT2D eigenvalue weighted by Crippen LogP contribution is -2.16. The van der Waals surface area contributed by atoms with Crippen LogP contribution in [-0.2, 0) is 6.54 Å². The molecule has 2 aliphatic rings. The Morgan fingerprint density at radius 3 is 3.00 bits per heavy atom. The molecule has 0 radical (unpaired) electrons. The molecule has 1 aromatic carbocycles. The highest BCUT2D eigenvalue weighted by atomic mass is 16.6.